The number of esters is 1. The minimum Gasteiger partial charge on any atom is -0.490 e. The molecule has 7 nitrogen and oxygen atoms in total. The molecule has 2 saturated carbocycles. The van der Waals surface area contributed by atoms with Gasteiger partial charge in [-0.2, -0.15) is 0 Å². The molecule has 174 valence electrons. The number of aromatic nitrogens is 3. The van der Waals surface area contributed by atoms with Gasteiger partial charge in [-0.25, -0.2) is 4.68 Å². The molecule has 0 amide bonds. The summed E-state index contributed by atoms with van der Waals surface area (Å²) in [6.45, 7) is 4.30. The minimum atomic E-state index is -0.0985. The molecule has 2 aliphatic carbocycles. The van der Waals surface area contributed by atoms with Crippen LogP contribution in [0.1, 0.15) is 70.9 Å². The average molecular weight is 442 g/mol. The van der Waals surface area contributed by atoms with E-state index in [-0.39, 0.29) is 24.1 Å². The summed E-state index contributed by atoms with van der Waals surface area (Å²) in [5.41, 5.74) is 2.84. The summed E-state index contributed by atoms with van der Waals surface area (Å²) in [7, 11) is 1.91. The van der Waals surface area contributed by atoms with Gasteiger partial charge < -0.3 is 14.2 Å². The van der Waals surface area contributed by atoms with Gasteiger partial charge in [-0.15, -0.1) is 5.10 Å². The number of hydrogen-bond acceptors (Lipinski definition) is 6. The summed E-state index contributed by atoms with van der Waals surface area (Å²) in [5.74, 6) is 0.639. The van der Waals surface area contributed by atoms with Gasteiger partial charge in [0.05, 0.1) is 36.5 Å². The van der Waals surface area contributed by atoms with Crippen LogP contribution < -0.4 is 4.74 Å². The average Bonchev–Trinajstić information content (AvgIpc) is 3.42. The standard InChI is InChI=1S/C25H35N3O4/c1-17(2)31-25(29)19-7-6-10-22(15-19)32-21-13-11-18(12-14-21)24-23(28(3)27-26-24)16-30-20-8-4-5-9-20/h11-14,17,19-20,22H,4-10,15-16H2,1-3H3/t19-,22-/m0/s1. The molecule has 1 heterocycles. The number of aryl methyl sites for hydroxylation is 1. The summed E-state index contributed by atoms with van der Waals surface area (Å²) in [6, 6.07) is 7.99. The predicted octanol–water partition coefficient (Wildman–Crippen LogP) is 4.83. The lowest BCUT2D eigenvalue weighted by Gasteiger charge is -2.29. The highest BCUT2D eigenvalue weighted by molar-refractivity contribution is 5.72. The van der Waals surface area contributed by atoms with Crippen molar-refractivity contribution in [2.24, 2.45) is 13.0 Å². The molecule has 1 aromatic carbocycles. The molecule has 2 fully saturated rings. The van der Waals surface area contributed by atoms with Crippen LogP contribution in [0.2, 0.25) is 0 Å². The summed E-state index contributed by atoms with van der Waals surface area (Å²) in [4.78, 5) is 12.3. The number of benzene rings is 1. The first-order valence-corrected chi connectivity index (χ1v) is 12.0. The first kappa shape index (κ1) is 22.8. The van der Waals surface area contributed by atoms with Crippen LogP contribution in [0.15, 0.2) is 24.3 Å². The van der Waals surface area contributed by atoms with Crippen molar-refractivity contribution < 1.29 is 19.0 Å². The van der Waals surface area contributed by atoms with Gasteiger partial charge in [0, 0.05) is 12.6 Å². The van der Waals surface area contributed by atoms with Crippen LogP contribution in [0, 0.1) is 5.92 Å². The normalized spacial score (nSPS) is 21.8. The second kappa shape index (κ2) is 10.5. The lowest BCUT2D eigenvalue weighted by molar-refractivity contribution is -0.154. The molecule has 0 bridgehead atoms. The Morgan fingerprint density at radius 3 is 2.50 bits per heavy atom. The number of hydrogen-bond donors (Lipinski definition) is 0. The fourth-order valence-electron chi connectivity index (χ4n) is 4.69. The van der Waals surface area contributed by atoms with Crippen molar-refractivity contribution in [3.05, 3.63) is 30.0 Å². The Morgan fingerprint density at radius 1 is 1.06 bits per heavy atom. The SMILES string of the molecule is CC(C)OC(=O)[C@H]1CCC[C@H](Oc2ccc(-c3nnn(C)c3COC3CCCC3)cc2)C1. The Morgan fingerprint density at radius 2 is 1.78 bits per heavy atom. The molecule has 0 N–H and O–H groups in total. The summed E-state index contributed by atoms with van der Waals surface area (Å²) in [6.07, 6.45) is 8.62. The first-order chi connectivity index (χ1) is 15.5. The lowest BCUT2D eigenvalue weighted by Crippen LogP contribution is -2.31. The monoisotopic (exact) mass is 441 g/mol. The minimum absolute atomic E-state index is 0.0335. The molecule has 1 aromatic heterocycles. The maximum absolute atomic E-state index is 12.3. The van der Waals surface area contributed by atoms with E-state index in [9.17, 15) is 4.79 Å². The van der Waals surface area contributed by atoms with E-state index in [0.29, 0.717) is 19.1 Å². The molecule has 2 aromatic rings. The van der Waals surface area contributed by atoms with E-state index >= 15 is 0 Å². The third-order valence-electron chi connectivity index (χ3n) is 6.44. The molecule has 0 aliphatic heterocycles. The van der Waals surface area contributed by atoms with Crippen molar-refractivity contribution in [2.75, 3.05) is 0 Å². The van der Waals surface area contributed by atoms with E-state index in [0.717, 1.165) is 54.8 Å². The van der Waals surface area contributed by atoms with Gasteiger partial charge in [0.2, 0.25) is 0 Å². The van der Waals surface area contributed by atoms with Crippen molar-refractivity contribution in [1.82, 2.24) is 15.0 Å². The van der Waals surface area contributed by atoms with Gasteiger partial charge in [-0.05, 0) is 76.6 Å². The maximum Gasteiger partial charge on any atom is 0.309 e. The van der Waals surface area contributed by atoms with Crippen LogP contribution in [-0.2, 0) is 27.9 Å². The highest BCUT2D eigenvalue weighted by Crippen LogP contribution is 2.31. The molecule has 0 radical (unpaired) electrons. The molecule has 2 atom stereocenters. The second-order valence-corrected chi connectivity index (χ2v) is 9.34. The zero-order chi connectivity index (χ0) is 22.5. The van der Waals surface area contributed by atoms with Gasteiger partial charge in [0.1, 0.15) is 11.4 Å². The van der Waals surface area contributed by atoms with Crippen molar-refractivity contribution in [2.45, 2.75) is 90.1 Å². The first-order valence-electron chi connectivity index (χ1n) is 12.0. The molecule has 0 spiro atoms. The van der Waals surface area contributed by atoms with E-state index in [4.69, 9.17) is 14.2 Å². The van der Waals surface area contributed by atoms with E-state index in [2.05, 4.69) is 10.3 Å². The highest BCUT2D eigenvalue weighted by Gasteiger charge is 2.30. The van der Waals surface area contributed by atoms with Crippen molar-refractivity contribution in [3.8, 4) is 17.0 Å². The Labute approximate surface area is 190 Å². The number of rotatable bonds is 8. The topological polar surface area (TPSA) is 75.5 Å². The van der Waals surface area contributed by atoms with Crippen LogP contribution in [0.25, 0.3) is 11.3 Å². The molecular weight excluding hydrogens is 406 g/mol. The molecule has 2 aliphatic rings. The second-order valence-electron chi connectivity index (χ2n) is 9.34. The smallest absolute Gasteiger partial charge is 0.309 e. The third-order valence-corrected chi connectivity index (χ3v) is 6.44. The van der Waals surface area contributed by atoms with E-state index < -0.39 is 0 Å². The molecule has 7 heteroatoms. The Kier molecular flexibility index (Phi) is 7.45. The van der Waals surface area contributed by atoms with Gasteiger partial charge in [0.15, 0.2) is 0 Å². The van der Waals surface area contributed by atoms with Crippen LogP contribution in [0.4, 0.5) is 0 Å². The van der Waals surface area contributed by atoms with Gasteiger partial charge in [-0.3, -0.25) is 4.79 Å². The van der Waals surface area contributed by atoms with E-state index in [1.165, 1.54) is 12.8 Å². The Bertz CT molecular complexity index is 887. The number of carbonyl (C=O) groups excluding carboxylic acids is 1. The third kappa shape index (κ3) is 5.68. The van der Waals surface area contributed by atoms with Crippen LogP contribution in [0.3, 0.4) is 0 Å². The van der Waals surface area contributed by atoms with Gasteiger partial charge in [-0.1, -0.05) is 18.1 Å². The van der Waals surface area contributed by atoms with Crippen LogP contribution in [-0.4, -0.2) is 39.3 Å². The predicted molar refractivity (Wildman–Crippen MR) is 121 cm³/mol. The maximum atomic E-state index is 12.3. The number of carbonyl (C=O) groups is 1. The van der Waals surface area contributed by atoms with E-state index in [1.807, 2.05) is 45.2 Å². The summed E-state index contributed by atoms with van der Waals surface area (Å²) < 4.78 is 19.5. The quantitative estimate of drug-likeness (QED) is 0.546. The number of ether oxygens (including phenoxy) is 3. The van der Waals surface area contributed by atoms with Gasteiger partial charge in [0.25, 0.3) is 0 Å². The summed E-state index contributed by atoms with van der Waals surface area (Å²) in [5, 5.41) is 8.58. The lowest BCUT2D eigenvalue weighted by atomic mass is 9.87. The zero-order valence-electron chi connectivity index (χ0n) is 19.5. The van der Waals surface area contributed by atoms with Crippen LogP contribution in [0.5, 0.6) is 5.75 Å². The highest BCUT2D eigenvalue weighted by atomic mass is 16.5. The number of nitrogens with zero attached hydrogens (tertiary/aromatic N) is 3. The molecule has 0 saturated heterocycles. The molecule has 32 heavy (non-hydrogen) atoms. The van der Waals surface area contributed by atoms with Crippen molar-refractivity contribution in [1.29, 1.82) is 0 Å². The fraction of sp³-hybridized carbons (Fsp3) is 0.640. The van der Waals surface area contributed by atoms with Gasteiger partial charge >= 0.3 is 5.97 Å². The molecule has 0 unspecified atom stereocenters. The largest absolute Gasteiger partial charge is 0.490 e. The van der Waals surface area contributed by atoms with Crippen molar-refractivity contribution in [3.63, 3.8) is 0 Å². The Balaban J connectivity index is 1.37. The fourth-order valence-corrected chi connectivity index (χ4v) is 4.69. The van der Waals surface area contributed by atoms with Crippen molar-refractivity contribution >= 4 is 5.97 Å². The molecule has 4 rings (SSSR count). The molecular formula is C25H35N3O4. The van der Waals surface area contributed by atoms with E-state index in [1.54, 1.807) is 4.68 Å². The summed E-state index contributed by atoms with van der Waals surface area (Å²) >= 11 is 0. The Hall–Kier alpha value is -2.41. The van der Waals surface area contributed by atoms with Crippen LogP contribution >= 0.6 is 0 Å². The zero-order valence-corrected chi connectivity index (χ0v) is 19.5.